The fraction of sp³-hybridized carbons (Fsp3) is 0.429. The van der Waals surface area contributed by atoms with Gasteiger partial charge in [0.1, 0.15) is 0 Å². The summed E-state index contributed by atoms with van der Waals surface area (Å²) in [7, 11) is 0. The Morgan fingerprint density at radius 1 is 1.28 bits per heavy atom. The maximum absolute atomic E-state index is 11.9. The highest BCUT2D eigenvalue weighted by atomic mass is 35.5. The van der Waals surface area contributed by atoms with Crippen molar-refractivity contribution < 1.29 is 4.79 Å². The van der Waals surface area contributed by atoms with Gasteiger partial charge in [0, 0.05) is 16.3 Å². The quantitative estimate of drug-likeness (QED) is 0.817. The molecule has 2 bridgehead atoms. The Labute approximate surface area is 111 Å². The summed E-state index contributed by atoms with van der Waals surface area (Å²) in [6.45, 7) is 0. The average molecular weight is 263 g/mol. The van der Waals surface area contributed by atoms with Crippen LogP contribution in [0, 0.1) is 11.8 Å². The molecule has 2 atom stereocenters. The molecule has 2 saturated carbocycles. The number of hydrazone groups is 1. The highest BCUT2D eigenvalue weighted by molar-refractivity contribution is 6.30. The smallest absolute Gasteiger partial charge is 0.267 e. The van der Waals surface area contributed by atoms with Gasteiger partial charge in [0.05, 0.1) is 0 Å². The van der Waals surface area contributed by atoms with E-state index in [0.29, 0.717) is 16.5 Å². The third kappa shape index (κ3) is 2.27. The van der Waals surface area contributed by atoms with Gasteiger partial charge in [0.2, 0.25) is 0 Å². The van der Waals surface area contributed by atoms with Crippen LogP contribution in [-0.2, 0) is 0 Å². The molecule has 2 aliphatic rings. The SMILES string of the molecule is O=C(NN=C1CC2CCC1C2)c1ccc(Cl)cc1. The van der Waals surface area contributed by atoms with Gasteiger partial charge in [-0.25, -0.2) is 5.43 Å². The van der Waals surface area contributed by atoms with Crippen LogP contribution >= 0.6 is 11.6 Å². The van der Waals surface area contributed by atoms with Crippen LogP contribution in [0.4, 0.5) is 0 Å². The topological polar surface area (TPSA) is 41.5 Å². The molecule has 1 aromatic carbocycles. The zero-order valence-corrected chi connectivity index (χ0v) is 10.8. The van der Waals surface area contributed by atoms with Crippen molar-refractivity contribution in [2.75, 3.05) is 0 Å². The lowest BCUT2D eigenvalue weighted by atomic mass is 9.99. The number of halogens is 1. The van der Waals surface area contributed by atoms with Crippen molar-refractivity contribution in [3.8, 4) is 0 Å². The number of carbonyl (C=O) groups excluding carboxylic acids is 1. The van der Waals surface area contributed by atoms with E-state index in [1.54, 1.807) is 24.3 Å². The number of carbonyl (C=O) groups is 1. The number of hydrogen-bond donors (Lipinski definition) is 1. The molecule has 94 valence electrons. The Morgan fingerprint density at radius 3 is 2.67 bits per heavy atom. The average Bonchev–Trinajstić information content (AvgIpc) is 2.99. The molecule has 0 heterocycles. The minimum Gasteiger partial charge on any atom is -0.267 e. The highest BCUT2D eigenvalue weighted by Gasteiger charge is 2.36. The largest absolute Gasteiger partial charge is 0.271 e. The van der Waals surface area contributed by atoms with E-state index in [-0.39, 0.29) is 5.91 Å². The number of nitrogens with zero attached hydrogens (tertiary/aromatic N) is 1. The van der Waals surface area contributed by atoms with E-state index in [9.17, 15) is 4.79 Å². The summed E-state index contributed by atoms with van der Waals surface area (Å²) >= 11 is 5.78. The van der Waals surface area contributed by atoms with E-state index >= 15 is 0 Å². The van der Waals surface area contributed by atoms with Gasteiger partial charge in [0.25, 0.3) is 5.91 Å². The van der Waals surface area contributed by atoms with Crippen molar-refractivity contribution in [3.05, 3.63) is 34.9 Å². The van der Waals surface area contributed by atoms with Crippen molar-refractivity contribution in [1.29, 1.82) is 0 Å². The second-order valence-electron chi connectivity index (χ2n) is 5.13. The Hall–Kier alpha value is -1.35. The summed E-state index contributed by atoms with van der Waals surface area (Å²) < 4.78 is 0. The van der Waals surface area contributed by atoms with Crippen molar-refractivity contribution >= 4 is 23.2 Å². The van der Waals surface area contributed by atoms with Crippen molar-refractivity contribution in [3.63, 3.8) is 0 Å². The minimum absolute atomic E-state index is 0.165. The highest BCUT2D eigenvalue weighted by Crippen LogP contribution is 2.42. The summed E-state index contributed by atoms with van der Waals surface area (Å²) in [4.78, 5) is 11.9. The molecule has 1 N–H and O–H groups in total. The second kappa shape index (κ2) is 4.73. The molecule has 3 rings (SSSR count). The van der Waals surface area contributed by atoms with Crippen LogP contribution in [0.1, 0.15) is 36.0 Å². The molecule has 1 amide bonds. The molecule has 0 radical (unpaired) electrons. The fourth-order valence-corrected chi connectivity index (χ4v) is 3.08. The van der Waals surface area contributed by atoms with Gasteiger partial charge in [-0.3, -0.25) is 4.79 Å². The van der Waals surface area contributed by atoms with Gasteiger partial charge in [-0.15, -0.1) is 0 Å². The number of nitrogens with one attached hydrogen (secondary N) is 1. The van der Waals surface area contributed by atoms with Gasteiger partial charge in [-0.2, -0.15) is 5.10 Å². The summed E-state index contributed by atoms with van der Waals surface area (Å²) in [6.07, 6.45) is 4.89. The van der Waals surface area contributed by atoms with Gasteiger partial charge >= 0.3 is 0 Å². The summed E-state index contributed by atoms with van der Waals surface area (Å²) in [5.74, 6) is 1.25. The van der Waals surface area contributed by atoms with E-state index in [0.717, 1.165) is 12.3 Å². The van der Waals surface area contributed by atoms with Crippen LogP contribution < -0.4 is 5.43 Å². The van der Waals surface area contributed by atoms with Gasteiger partial charge in [0.15, 0.2) is 0 Å². The van der Waals surface area contributed by atoms with Crippen molar-refractivity contribution in [2.24, 2.45) is 16.9 Å². The van der Waals surface area contributed by atoms with Crippen LogP contribution in [-0.4, -0.2) is 11.6 Å². The molecule has 2 fully saturated rings. The maximum atomic E-state index is 11.9. The first-order valence-electron chi connectivity index (χ1n) is 6.35. The normalized spacial score (nSPS) is 27.7. The fourth-order valence-electron chi connectivity index (χ4n) is 2.95. The zero-order valence-electron chi connectivity index (χ0n) is 10.0. The van der Waals surface area contributed by atoms with Gasteiger partial charge < -0.3 is 0 Å². The van der Waals surface area contributed by atoms with Crippen LogP contribution in [0.2, 0.25) is 5.02 Å². The lowest BCUT2D eigenvalue weighted by Gasteiger charge is -2.11. The molecule has 3 nitrogen and oxygen atoms in total. The lowest BCUT2D eigenvalue weighted by molar-refractivity contribution is 0.0954. The summed E-state index contributed by atoms with van der Waals surface area (Å²) in [5.41, 5.74) is 4.42. The number of amides is 1. The molecule has 0 aromatic heterocycles. The first-order valence-corrected chi connectivity index (χ1v) is 6.72. The molecule has 0 spiro atoms. The third-order valence-electron chi connectivity index (χ3n) is 3.92. The molecule has 2 unspecified atom stereocenters. The Bertz CT molecular complexity index is 495. The number of fused-ring (bicyclic) bond motifs is 2. The van der Waals surface area contributed by atoms with Crippen molar-refractivity contribution in [2.45, 2.75) is 25.7 Å². The monoisotopic (exact) mass is 262 g/mol. The Kier molecular flexibility index (Phi) is 3.08. The number of benzene rings is 1. The lowest BCUT2D eigenvalue weighted by Crippen LogP contribution is -2.21. The molecule has 1 aromatic rings. The molecule has 2 aliphatic carbocycles. The van der Waals surface area contributed by atoms with E-state index in [2.05, 4.69) is 10.5 Å². The van der Waals surface area contributed by atoms with Gasteiger partial charge in [-0.05, 0) is 61.8 Å². The van der Waals surface area contributed by atoms with Crippen molar-refractivity contribution in [1.82, 2.24) is 5.43 Å². The van der Waals surface area contributed by atoms with Crippen LogP contribution in [0.3, 0.4) is 0 Å². The number of rotatable bonds is 2. The maximum Gasteiger partial charge on any atom is 0.271 e. The zero-order chi connectivity index (χ0) is 12.5. The first-order chi connectivity index (χ1) is 8.72. The molecule has 0 aliphatic heterocycles. The summed E-state index contributed by atoms with van der Waals surface area (Å²) in [6, 6.07) is 6.83. The molecule has 0 saturated heterocycles. The third-order valence-corrected chi connectivity index (χ3v) is 4.17. The molecular formula is C14H15ClN2O. The van der Waals surface area contributed by atoms with E-state index in [1.165, 1.54) is 25.0 Å². The van der Waals surface area contributed by atoms with Crippen LogP contribution in [0.15, 0.2) is 29.4 Å². The van der Waals surface area contributed by atoms with Crippen LogP contribution in [0.25, 0.3) is 0 Å². The molecule has 4 heteroatoms. The molecular weight excluding hydrogens is 248 g/mol. The Balaban J connectivity index is 1.65. The predicted molar refractivity (Wildman–Crippen MR) is 71.8 cm³/mol. The number of hydrogen-bond acceptors (Lipinski definition) is 2. The van der Waals surface area contributed by atoms with Gasteiger partial charge in [-0.1, -0.05) is 11.6 Å². The van der Waals surface area contributed by atoms with E-state index < -0.39 is 0 Å². The standard InChI is InChI=1S/C14H15ClN2O/c15-12-5-3-10(4-6-12)14(18)17-16-13-8-9-1-2-11(13)7-9/h3-6,9,11H,1-2,7-8H2,(H,17,18). The van der Waals surface area contributed by atoms with E-state index in [1.807, 2.05) is 0 Å². The second-order valence-corrected chi connectivity index (χ2v) is 5.57. The molecule has 18 heavy (non-hydrogen) atoms. The predicted octanol–water partition coefficient (Wildman–Crippen LogP) is 3.25. The minimum atomic E-state index is -0.165. The van der Waals surface area contributed by atoms with Crippen LogP contribution in [0.5, 0.6) is 0 Å². The first kappa shape index (κ1) is 11.7. The van der Waals surface area contributed by atoms with E-state index in [4.69, 9.17) is 11.6 Å². The Morgan fingerprint density at radius 2 is 2.06 bits per heavy atom. The summed E-state index contributed by atoms with van der Waals surface area (Å²) in [5, 5.41) is 4.92.